The molecule has 1 rings (SSSR count). The molecule has 0 radical (unpaired) electrons. The predicted molar refractivity (Wildman–Crippen MR) is 30.3 cm³/mol. The molecule has 0 amide bonds. The Hall–Kier alpha value is 0.517. The summed E-state index contributed by atoms with van der Waals surface area (Å²) >= 11 is 0. The second-order valence-corrected chi connectivity index (χ2v) is 2.02. The van der Waals surface area contributed by atoms with E-state index in [1.54, 1.807) is 0 Å². The van der Waals surface area contributed by atoms with E-state index in [-0.39, 0.29) is 18.9 Å². The number of hydrogen-bond acceptors (Lipinski definition) is 1. The molecule has 1 fully saturated rings. The van der Waals surface area contributed by atoms with Gasteiger partial charge in [0.1, 0.15) is 0 Å². The SMILES string of the molecule is CN1CCC[N-]C1.[Li+]. The zero-order chi connectivity index (χ0) is 5.11. The molecule has 0 N–H and O–H groups in total. The fraction of sp³-hybridized carbons (Fsp3) is 1.00. The monoisotopic (exact) mass is 106 g/mol. The Kier molecular flexibility index (Phi) is 4.69. The Bertz CT molecular complexity index is 52.4. The van der Waals surface area contributed by atoms with Crippen LogP contribution in [-0.4, -0.2) is 31.7 Å². The third-order valence-electron chi connectivity index (χ3n) is 1.20. The Labute approximate surface area is 62.8 Å². The van der Waals surface area contributed by atoms with Gasteiger partial charge in [0.2, 0.25) is 0 Å². The minimum absolute atomic E-state index is 0. The predicted octanol–water partition coefficient (Wildman–Crippen LogP) is -2.34. The van der Waals surface area contributed by atoms with Crippen LogP contribution in [0.25, 0.3) is 5.32 Å². The van der Waals surface area contributed by atoms with E-state index in [9.17, 15) is 0 Å². The molecule has 1 aliphatic heterocycles. The van der Waals surface area contributed by atoms with Crippen molar-refractivity contribution >= 4 is 0 Å². The van der Waals surface area contributed by atoms with Gasteiger partial charge in [0.05, 0.1) is 0 Å². The molecular formula is C5H11LiN2. The fourth-order valence-corrected chi connectivity index (χ4v) is 0.765. The van der Waals surface area contributed by atoms with Gasteiger partial charge in [0.25, 0.3) is 0 Å². The van der Waals surface area contributed by atoms with Gasteiger partial charge in [-0.25, -0.2) is 0 Å². The summed E-state index contributed by atoms with van der Waals surface area (Å²) in [5, 5.41) is 4.18. The van der Waals surface area contributed by atoms with Gasteiger partial charge in [0, 0.05) is 0 Å². The largest absolute Gasteiger partial charge is 1.00 e. The van der Waals surface area contributed by atoms with Gasteiger partial charge < -0.3 is 10.2 Å². The van der Waals surface area contributed by atoms with E-state index in [1.165, 1.54) is 13.0 Å². The van der Waals surface area contributed by atoms with Crippen LogP contribution in [0.4, 0.5) is 0 Å². The van der Waals surface area contributed by atoms with Crippen molar-refractivity contribution in [1.82, 2.24) is 4.90 Å². The van der Waals surface area contributed by atoms with Crippen molar-refractivity contribution in [2.45, 2.75) is 6.42 Å². The third-order valence-corrected chi connectivity index (χ3v) is 1.20. The topological polar surface area (TPSA) is 17.3 Å². The van der Waals surface area contributed by atoms with E-state index in [4.69, 9.17) is 0 Å². The van der Waals surface area contributed by atoms with E-state index >= 15 is 0 Å². The first kappa shape index (κ1) is 8.52. The summed E-state index contributed by atoms with van der Waals surface area (Å²) < 4.78 is 0. The maximum absolute atomic E-state index is 4.18. The number of hydrogen-bond donors (Lipinski definition) is 0. The first-order chi connectivity index (χ1) is 3.39. The summed E-state index contributed by atoms with van der Waals surface area (Å²) in [4.78, 5) is 2.23. The number of nitrogens with zero attached hydrogens (tertiary/aromatic N) is 2. The smallest absolute Gasteiger partial charge is 0.650 e. The van der Waals surface area contributed by atoms with Crippen molar-refractivity contribution in [3.8, 4) is 0 Å². The van der Waals surface area contributed by atoms with Gasteiger partial charge in [-0.15, -0.1) is 6.54 Å². The Morgan fingerprint density at radius 2 is 2.25 bits per heavy atom. The van der Waals surface area contributed by atoms with Crippen molar-refractivity contribution in [3.05, 3.63) is 5.32 Å². The summed E-state index contributed by atoms with van der Waals surface area (Å²) in [6.45, 7) is 3.24. The van der Waals surface area contributed by atoms with Crippen molar-refractivity contribution in [3.63, 3.8) is 0 Å². The fourth-order valence-electron chi connectivity index (χ4n) is 0.765. The average Bonchev–Trinajstić information content (AvgIpc) is 1.69. The van der Waals surface area contributed by atoms with Crippen molar-refractivity contribution in [1.29, 1.82) is 0 Å². The molecular weight excluding hydrogens is 95.0 g/mol. The molecule has 0 bridgehead atoms. The normalized spacial score (nSPS) is 22.1. The van der Waals surface area contributed by atoms with Crippen LogP contribution in [0.1, 0.15) is 6.42 Å². The molecule has 0 aromatic heterocycles. The summed E-state index contributed by atoms with van der Waals surface area (Å²) in [7, 11) is 2.10. The molecule has 1 saturated heterocycles. The standard InChI is InChI=1S/C5H11N2.Li/c1-7-4-2-3-6-5-7;/h2-5H2,1H3;/q-1;+1. The second-order valence-electron chi connectivity index (χ2n) is 2.02. The quantitative estimate of drug-likeness (QED) is 0.316. The minimum Gasteiger partial charge on any atom is -0.650 e. The molecule has 0 spiro atoms. The summed E-state index contributed by atoms with van der Waals surface area (Å²) in [5.74, 6) is 0. The average molecular weight is 106 g/mol. The Morgan fingerprint density at radius 3 is 2.50 bits per heavy atom. The van der Waals surface area contributed by atoms with Crippen LogP contribution in [-0.2, 0) is 0 Å². The Morgan fingerprint density at radius 1 is 1.50 bits per heavy atom. The van der Waals surface area contributed by atoms with Crippen LogP contribution >= 0.6 is 0 Å². The first-order valence-electron chi connectivity index (χ1n) is 2.71. The van der Waals surface area contributed by atoms with E-state index < -0.39 is 0 Å². The van der Waals surface area contributed by atoms with Crippen molar-refractivity contribution in [2.75, 3.05) is 26.8 Å². The van der Waals surface area contributed by atoms with E-state index in [0.29, 0.717) is 0 Å². The maximum Gasteiger partial charge on any atom is 1.00 e. The van der Waals surface area contributed by atoms with Crippen LogP contribution in [0.3, 0.4) is 0 Å². The van der Waals surface area contributed by atoms with Crippen LogP contribution in [0.15, 0.2) is 0 Å². The van der Waals surface area contributed by atoms with Crippen molar-refractivity contribution < 1.29 is 18.9 Å². The molecule has 0 aromatic carbocycles. The molecule has 42 valence electrons. The second kappa shape index (κ2) is 4.40. The summed E-state index contributed by atoms with van der Waals surface area (Å²) in [5.41, 5.74) is 0. The molecule has 0 aliphatic carbocycles. The summed E-state index contributed by atoms with van der Waals surface area (Å²) in [6, 6.07) is 0. The minimum atomic E-state index is 0. The van der Waals surface area contributed by atoms with Gasteiger partial charge >= 0.3 is 18.9 Å². The summed E-state index contributed by atoms with van der Waals surface area (Å²) in [6.07, 6.45) is 1.25. The van der Waals surface area contributed by atoms with Gasteiger partial charge in [-0.1, -0.05) is 13.1 Å². The Balaban J connectivity index is 0.000000490. The molecule has 2 nitrogen and oxygen atoms in total. The molecule has 0 unspecified atom stereocenters. The molecule has 1 aliphatic rings. The van der Waals surface area contributed by atoms with Gasteiger partial charge in [-0.2, -0.15) is 0 Å². The van der Waals surface area contributed by atoms with Gasteiger partial charge in [0.15, 0.2) is 0 Å². The zero-order valence-corrected chi connectivity index (χ0v) is 5.72. The first-order valence-corrected chi connectivity index (χ1v) is 2.71. The van der Waals surface area contributed by atoms with Crippen LogP contribution in [0.5, 0.6) is 0 Å². The van der Waals surface area contributed by atoms with Crippen molar-refractivity contribution in [2.24, 2.45) is 0 Å². The van der Waals surface area contributed by atoms with E-state index in [0.717, 1.165) is 13.2 Å². The van der Waals surface area contributed by atoms with Gasteiger partial charge in [-0.05, 0) is 13.6 Å². The van der Waals surface area contributed by atoms with Gasteiger partial charge in [-0.3, -0.25) is 0 Å². The van der Waals surface area contributed by atoms with E-state index in [2.05, 4.69) is 17.3 Å². The van der Waals surface area contributed by atoms with E-state index in [1.807, 2.05) is 0 Å². The maximum atomic E-state index is 4.18. The third kappa shape index (κ3) is 2.73. The zero-order valence-electron chi connectivity index (χ0n) is 5.72. The molecule has 3 heteroatoms. The number of rotatable bonds is 0. The molecule has 0 aromatic rings. The van der Waals surface area contributed by atoms with Crippen LogP contribution < -0.4 is 18.9 Å². The van der Waals surface area contributed by atoms with Crippen LogP contribution in [0, 0.1) is 0 Å². The molecule has 8 heavy (non-hydrogen) atoms. The molecule has 0 atom stereocenters. The molecule has 1 heterocycles. The molecule has 0 saturated carbocycles. The van der Waals surface area contributed by atoms with Crippen LogP contribution in [0.2, 0.25) is 0 Å².